The van der Waals surface area contributed by atoms with E-state index in [4.69, 9.17) is 0 Å². The number of nitrogens with one attached hydrogen (secondary N) is 1. The van der Waals surface area contributed by atoms with Gasteiger partial charge in [-0.25, -0.2) is 0 Å². The number of carbonyl (C=O) groups is 1. The lowest BCUT2D eigenvalue weighted by molar-refractivity contribution is -0.122. The first-order valence-corrected chi connectivity index (χ1v) is 7.48. The summed E-state index contributed by atoms with van der Waals surface area (Å²) in [5.41, 5.74) is 1.12. The van der Waals surface area contributed by atoms with E-state index in [2.05, 4.69) is 29.4 Å². The predicted molar refractivity (Wildman–Crippen MR) is 79.4 cm³/mol. The summed E-state index contributed by atoms with van der Waals surface area (Å²) in [6, 6.07) is 0.949. The van der Waals surface area contributed by atoms with Gasteiger partial charge < -0.3 is 10.2 Å². The van der Waals surface area contributed by atoms with Crippen molar-refractivity contribution in [2.45, 2.75) is 50.6 Å². The molecule has 112 valence electrons. The smallest absolute Gasteiger partial charge is 0.220 e. The van der Waals surface area contributed by atoms with Crippen LogP contribution in [0, 0.1) is 0 Å². The van der Waals surface area contributed by atoms with Gasteiger partial charge in [-0.15, -0.1) is 0 Å². The number of aryl methyl sites for hydroxylation is 2. The third-order valence-corrected chi connectivity index (χ3v) is 4.14. The molecule has 0 radical (unpaired) electrons. The van der Waals surface area contributed by atoms with Gasteiger partial charge in [-0.1, -0.05) is 0 Å². The van der Waals surface area contributed by atoms with Gasteiger partial charge in [0.15, 0.2) is 0 Å². The predicted octanol–water partition coefficient (Wildman–Crippen LogP) is 1.34. The minimum atomic E-state index is 0.165. The van der Waals surface area contributed by atoms with Crippen molar-refractivity contribution in [1.29, 1.82) is 0 Å². The van der Waals surface area contributed by atoms with Crippen molar-refractivity contribution in [3.05, 3.63) is 18.0 Å². The molecule has 0 spiro atoms. The highest BCUT2D eigenvalue weighted by Gasteiger charge is 2.24. The molecular weight excluding hydrogens is 252 g/mol. The van der Waals surface area contributed by atoms with Crippen molar-refractivity contribution in [2.75, 3.05) is 14.1 Å². The van der Waals surface area contributed by atoms with Gasteiger partial charge in [0.25, 0.3) is 0 Å². The third-order valence-electron chi connectivity index (χ3n) is 4.14. The molecule has 1 aromatic heterocycles. The summed E-state index contributed by atoms with van der Waals surface area (Å²) in [5, 5.41) is 7.31. The second-order valence-electron chi connectivity index (χ2n) is 6.07. The normalized spacial score (nSPS) is 23.0. The average molecular weight is 278 g/mol. The van der Waals surface area contributed by atoms with Crippen LogP contribution in [0.3, 0.4) is 0 Å². The monoisotopic (exact) mass is 278 g/mol. The highest BCUT2D eigenvalue weighted by atomic mass is 16.1. The van der Waals surface area contributed by atoms with Gasteiger partial charge in [0.2, 0.25) is 5.91 Å². The molecule has 1 amide bonds. The van der Waals surface area contributed by atoms with Gasteiger partial charge in [0.05, 0.1) is 6.20 Å². The Labute approximate surface area is 121 Å². The minimum absolute atomic E-state index is 0.165. The van der Waals surface area contributed by atoms with Crippen molar-refractivity contribution >= 4 is 5.91 Å². The number of amides is 1. The Morgan fingerprint density at radius 2 is 2.30 bits per heavy atom. The molecule has 1 heterocycles. The first-order chi connectivity index (χ1) is 9.54. The summed E-state index contributed by atoms with van der Waals surface area (Å²) < 4.78 is 1.77. The fraction of sp³-hybridized carbons (Fsp3) is 0.733. The largest absolute Gasteiger partial charge is 0.353 e. The van der Waals surface area contributed by atoms with Crippen LogP contribution in [0.1, 0.15) is 37.7 Å². The molecule has 0 aliphatic heterocycles. The third kappa shape index (κ3) is 4.34. The first-order valence-electron chi connectivity index (χ1n) is 7.48. The van der Waals surface area contributed by atoms with Gasteiger partial charge in [-0.3, -0.25) is 9.48 Å². The van der Waals surface area contributed by atoms with E-state index in [0.29, 0.717) is 18.5 Å². The Hall–Kier alpha value is -1.36. The number of rotatable bonds is 5. The molecular formula is C15H26N4O. The zero-order chi connectivity index (χ0) is 14.5. The number of nitrogens with zero attached hydrogens (tertiary/aromatic N) is 3. The molecule has 5 heteroatoms. The molecule has 0 saturated heterocycles. The minimum Gasteiger partial charge on any atom is -0.353 e. The van der Waals surface area contributed by atoms with Gasteiger partial charge in [0, 0.05) is 31.7 Å². The topological polar surface area (TPSA) is 50.2 Å². The van der Waals surface area contributed by atoms with Crippen molar-refractivity contribution < 1.29 is 4.79 Å². The lowest BCUT2D eigenvalue weighted by atomic mass is 9.90. The van der Waals surface area contributed by atoms with Crippen LogP contribution in [-0.2, 0) is 18.3 Å². The summed E-state index contributed by atoms with van der Waals surface area (Å²) >= 11 is 0. The maximum Gasteiger partial charge on any atom is 0.220 e. The summed E-state index contributed by atoms with van der Waals surface area (Å²) in [6.45, 7) is 0. The van der Waals surface area contributed by atoms with Crippen molar-refractivity contribution in [1.82, 2.24) is 20.0 Å². The number of carbonyl (C=O) groups excluding carboxylic acids is 1. The second-order valence-corrected chi connectivity index (χ2v) is 6.07. The van der Waals surface area contributed by atoms with Crippen LogP contribution in [-0.4, -0.2) is 46.8 Å². The molecule has 20 heavy (non-hydrogen) atoms. The lowest BCUT2D eigenvalue weighted by Crippen LogP contribution is -2.43. The highest BCUT2D eigenvalue weighted by Crippen LogP contribution is 2.21. The molecule has 0 bridgehead atoms. The van der Waals surface area contributed by atoms with Crippen LogP contribution in [0.5, 0.6) is 0 Å². The summed E-state index contributed by atoms with van der Waals surface area (Å²) in [7, 11) is 6.14. The average Bonchev–Trinajstić information content (AvgIpc) is 2.82. The Balaban J connectivity index is 1.73. The quantitative estimate of drug-likeness (QED) is 0.884. The molecule has 0 aromatic carbocycles. The maximum atomic E-state index is 12.0. The fourth-order valence-corrected chi connectivity index (χ4v) is 2.92. The zero-order valence-corrected chi connectivity index (χ0v) is 12.8. The molecule has 2 rings (SSSR count). The first kappa shape index (κ1) is 15.0. The Morgan fingerprint density at radius 1 is 1.50 bits per heavy atom. The van der Waals surface area contributed by atoms with Gasteiger partial charge in [-0.2, -0.15) is 5.10 Å². The lowest BCUT2D eigenvalue weighted by Gasteiger charge is -2.33. The van der Waals surface area contributed by atoms with Crippen LogP contribution in [0.4, 0.5) is 0 Å². The highest BCUT2D eigenvalue weighted by molar-refractivity contribution is 5.76. The molecule has 1 saturated carbocycles. The Kier molecular flexibility index (Phi) is 5.17. The fourth-order valence-electron chi connectivity index (χ4n) is 2.92. The van der Waals surface area contributed by atoms with E-state index in [1.165, 1.54) is 12.8 Å². The molecule has 1 aliphatic carbocycles. The van der Waals surface area contributed by atoms with Crippen LogP contribution < -0.4 is 5.32 Å². The zero-order valence-electron chi connectivity index (χ0n) is 12.8. The van der Waals surface area contributed by atoms with Crippen LogP contribution >= 0.6 is 0 Å². The summed E-state index contributed by atoms with van der Waals surface area (Å²) in [4.78, 5) is 14.3. The van der Waals surface area contributed by atoms with E-state index in [0.717, 1.165) is 24.8 Å². The van der Waals surface area contributed by atoms with E-state index < -0.39 is 0 Å². The van der Waals surface area contributed by atoms with Crippen molar-refractivity contribution in [3.8, 4) is 0 Å². The molecule has 1 aromatic rings. The van der Waals surface area contributed by atoms with Crippen LogP contribution in [0.25, 0.3) is 0 Å². The second kappa shape index (κ2) is 6.88. The van der Waals surface area contributed by atoms with E-state index in [9.17, 15) is 4.79 Å². The maximum absolute atomic E-state index is 12.0. The molecule has 1 fully saturated rings. The van der Waals surface area contributed by atoms with Gasteiger partial charge in [-0.05, 0) is 51.8 Å². The van der Waals surface area contributed by atoms with E-state index in [1.54, 1.807) is 4.68 Å². The van der Waals surface area contributed by atoms with E-state index in [1.807, 2.05) is 19.4 Å². The Bertz CT molecular complexity index is 441. The molecule has 2 atom stereocenters. The Morgan fingerprint density at radius 3 is 2.95 bits per heavy atom. The van der Waals surface area contributed by atoms with Crippen molar-refractivity contribution in [2.24, 2.45) is 7.05 Å². The number of hydrogen-bond donors (Lipinski definition) is 1. The SMILES string of the molecule is CN(C)C1CCCC(NC(=O)CCc2cnn(C)c2)C1. The molecule has 1 N–H and O–H groups in total. The van der Waals surface area contributed by atoms with Crippen molar-refractivity contribution in [3.63, 3.8) is 0 Å². The van der Waals surface area contributed by atoms with Crippen LogP contribution in [0.2, 0.25) is 0 Å². The number of aromatic nitrogens is 2. The molecule has 1 aliphatic rings. The van der Waals surface area contributed by atoms with Gasteiger partial charge >= 0.3 is 0 Å². The standard InChI is InChI=1S/C15H26N4O/c1-18(2)14-6-4-5-13(9-14)17-15(20)8-7-12-10-16-19(3)11-12/h10-11,13-14H,4-9H2,1-3H3,(H,17,20). The van der Waals surface area contributed by atoms with E-state index >= 15 is 0 Å². The van der Waals surface area contributed by atoms with E-state index in [-0.39, 0.29) is 5.91 Å². The molecule has 2 unspecified atom stereocenters. The summed E-state index contributed by atoms with van der Waals surface area (Å²) in [5.74, 6) is 0.165. The summed E-state index contributed by atoms with van der Waals surface area (Å²) in [6.07, 6.45) is 9.75. The number of hydrogen-bond acceptors (Lipinski definition) is 3. The van der Waals surface area contributed by atoms with Gasteiger partial charge in [0.1, 0.15) is 0 Å². The van der Waals surface area contributed by atoms with Crippen LogP contribution in [0.15, 0.2) is 12.4 Å². The molecule has 5 nitrogen and oxygen atoms in total.